The van der Waals surface area contributed by atoms with Crippen LogP contribution in [0.2, 0.25) is 0 Å². The van der Waals surface area contributed by atoms with Crippen LogP contribution in [0.1, 0.15) is 43.6 Å². The molecule has 0 aliphatic heterocycles. The van der Waals surface area contributed by atoms with Gasteiger partial charge in [-0.3, -0.25) is 4.79 Å². The minimum absolute atomic E-state index is 0.0884. The number of halogens is 1. The third-order valence-electron chi connectivity index (χ3n) is 2.54. The number of hydrogen-bond acceptors (Lipinski definition) is 3. The first-order valence-electron chi connectivity index (χ1n) is 5.79. The first-order chi connectivity index (χ1) is 8.27. The van der Waals surface area contributed by atoms with Crippen LogP contribution in [-0.4, -0.2) is 18.4 Å². The van der Waals surface area contributed by atoms with Gasteiger partial charge >= 0.3 is 5.97 Å². The summed E-state index contributed by atoms with van der Waals surface area (Å²) in [6, 6.07) is 4.22. The topological polar surface area (TPSA) is 43.4 Å². The van der Waals surface area contributed by atoms with Gasteiger partial charge in [-0.2, -0.15) is 0 Å². The maximum Gasteiger partial charge on any atom is 0.379 e. The van der Waals surface area contributed by atoms with Crippen LogP contribution >= 0.6 is 0 Å². The SMILES string of the molecule is CCOC(=O)C(=O)c1cc(C(C)(C)C)ccc1F. The maximum atomic E-state index is 13.6. The van der Waals surface area contributed by atoms with Crippen LogP contribution in [0.5, 0.6) is 0 Å². The summed E-state index contributed by atoms with van der Waals surface area (Å²) in [6.07, 6.45) is 0. The molecule has 0 saturated heterocycles. The number of ether oxygens (including phenoxy) is 1. The van der Waals surface area contributed by atoms with E-state index in [1.165, 1.54) is 12.1 Å². The number of esters is 1. The van der Waals surface area contributed by atoms with Gasteiger partial charge in [0.15, 0.2) is 0 Å². The van der Waals surface area contributed by atoms with Gasteiger partial charge in [0.25, 0.3) is 5.78 Å². The summed E-state index contributed by atoms with van der Waals surface area (Å²) in [5.74, 6) is -2.68. The molecule has 0 radical (unpaired) electrons. The summed E-state index contributed by atoms with van der Waals surface area (Å²) in [6.45, 7) is 7.51. The first-order valence-corrected chi connectivity index (χ1v) is 5.79. The van der Waals surface area contributed by atoms with E-state index in [0.29, 0.717) is 0 Å². The average Bonchev–Trinajstić information content (AvgIpc) is 2.27. The molecule has 18 heavy (non-hydrogen) atoms. The lowest BCUT2D eigenvalue weighted by Gasteiger charge is -2.19. The smallest absolute Gasteiger partial charge is 0.379 e. The Morgan fingerprint density at radius 2 is 1.89 bits per heavy atom. The standard InChI is InChI=1S/C14H17FO3/c1-5-18-13(17)12(16)10-8-9(14(2,3)4)6-7-11(10)15/h6-8H,5H2,1-4H3. The van der Waals surface area contributed by atoms with Crippen molar-refractivity contribution in [3.63, 3.8) is 0 Å². The summed E-state index contributed by atoms with van der Waals surface area (Å²) in [7, 11) is 0. The molecule has 0 aliphatic rings. The quantitative estimate of drug-likeness (QED) is 0.472. The minimum Gasteiger partial charge on any atom is -0.460 e. The lowest BCUT2D eigenvalue weighted by atomic mass is 9.85. The molecule has 1 aromatic rings. The molecular formula is C14H17FO3. The number of carbonyl (C=O) groups is 2. The van der Waals surface area contributed by atoms with Crippen molar-refractivity contribution in [1.29, 1.82) is 0 Å². The second kappa shape index (κ2) is 5.29. The summed E-state index contributed by atoms with van der Waals surface area (Å²) in [5, 5.41) is 0. The fourth-order valence-electron chi connectivity index (χ4n) is 1.47. The van der Waals surface area contributed by atoms with Crippen LogP contribution in [0.25, 0.3) is 0 Å². The second-order valence-electron chi connectivity index (χ2n) is 4.99. The molecular weight excluding hydrogens is 235 g/mol. The van der Waals surface area contributed by atoms with Gasteiger partial charge < -0.3 is 4.74 Å². The van der Waals surface area contributed by atoms with E-state index in [1.807, 2.05) is 20.8 Å². The number of benzene rings is 1. The minimum atomic E-state index is -1.03. The highest BCUT2D eigenvalue weighted by molar-refractivity contribution is 6.40. The predicted molar refractivity (Wildman–Crippen MR) is 66.1 cm³/mol. The van der Waals surface area contributed by atoms with E-state index in [0.717, 1.165) is 5.56 Å². The Kier molecular flexibility index (Phi) is 4.22. The van der Waals surface area contributed by atoms with Gasteiger partial charge in [-0.05, 0) is 30.0 Å². The monoisotopic (exact) mass is 252 g/mol. The predicted octanol–water partition coefficient (Wildman–Crippen LogP) is 2.87. The van der Waals surface area contributed by atoms with Crippen LogP contribution < -0.4 is 0 Å². The normalized spacial score (nSPS) is 11.2. The van der Waals surface area contributed by atoms with Crippen molar-refractivity contribution in [1.82, 2.24) is 0 Å². The molecule has 1 rings (SSSR count). The molecule has 0 atom stereocenters. The molecule has 0 fully saturated rings. The van der Waals surface area contributed by atoms with Crippen LogP contribution in [0, 0.1) is 5.82 Å². The Bertz CT molecular complexity index is 472. The van der Waals surface area contributed by atoms with Gasteiger partial charge in [-0.1, -0.05) is 26.8 Å². The highest BCUT2D eigenvalue weighted by Gasteiger charge is 2.24. The highest BCUT2D eigenvalue weighted by atomic mass is 19.1. The van der Waals surface area contributed by atoms with Gasteiger partial charge in [-0.15, -0.1) is 0 Å². The van der Waals surface area contributed by atoms with Crippen LogP contribution in [-0.2, 0) is 14.9 Å². The molecule has 0 spiro atoms. The molecule has 0 unspecified atom stereocenters. The van der Waals surface area contributed by atoms with Crippen molar-refractivity contribution >= 4 is 11.8 Å². The van der Waals surface area contributed by atoms with Crippen molar-refractivity contribution in [2.24, 2.45) is 0 Å². The number of Topliss-reactive ketones (excluding diaryl/α,β-unsaturated/α-hetero) is 1. The summed E-state index contributed by atoms with van der Waals surface area (Å²) in [4.78, 5) is 23.0. The van der Waals surface area contributed by atoms with Gasteiger partial charge in [-0.25, -0.2) is 9.18 Å². The van der Waals surface area contributed by atoms with Crippen LogP contribution in [0.3, 0.4) is 0 Å². The summed E-state index contributed by atoms with van der Waals surface area (Å²) < 4.78 is 18.2. The number of ketones is 1. The Morgan fingerprint density at radius 3 is 2.39 bits per heavy atom. The molecule has 3 nitrogen and oxygen atoms in total. The molecule has 0 saturated carbocycles. The molecule has 1 aromatic carbocycles. The third kappa shape index (κ3) is 3.15. The van der Waals surface area contributed by atoms with E-state index in [1.54, 1.807) is 13.0 Å². The Balaban J connectivity index is 3.16. The zero-order chi connectivity index (χ0) is 13.9. The fourth-order valence-corrected chi connectivity index (χ4v) is 1.47. The van der Waals surface area contributed by atoms with Gasteiger partial charge in [0.05, 0.1) is 12.2 Å². The average molecular weight is 252 g/mol. The first kappa shape index (κ1) is 14.4. The maximum absolute atomic E-state index is 13.6. The van der Waals surface area contributed by atoms with Crippen molar-refractivity contribution in [2.75, 3.05) is 6.61 Å². The third-order valence-corrected chi connectivity index (χ3v) is 2.54. The van der Waals surface area contributed by atoms with Crippen molar-refractivity contribution in [2.45, 2.75) is 33.1 Å². The van der Waals surface area contributed by atoms with E-state index in [-0.39, 0.29) is 17.6 Å². The molecule has 0 heterocycles. The van der Waals surface area contributed by atoms with E-state index < -0.39 is 17.6 Å². The lowest BCUT2D eigenvalue weighted by molar-refractivity contribution is -0.137. The number of carbonyl (C=O) groups excluding carboxylic acids is 2. The second-order valence-corrected chi connectivity index (χ2v) is 4.99. The zero-order valence-electron chi connectivity index (χ0n) is 11.0. The van der Waals surface area contributed by atoms with E-state index in [9.17, 15) is 14.0 Å². The Hall–Kier alpha value is -1.71. The zero-order valence-corrected chi connectivity index (χ0v) is 11.0. The molecule has 0 amide bonds. The van der Waals surface area contributed by atoms with Gasteiger partial charge in [0.1, 0.15) is 5.82 Å². The van der Waals surface area contributed by atoms with Crippen molar-refractivity contribution in [3.8, 4) is 0 Å². The number of rotatable bonds is 3. The van der Waals surface area contributed by atoms with Crippen molar-refractivity contribution < 1.29 is 18.7 Å². The fraction of sp³-hybridized carbons (Fsp3) is 0.429. The van der Waals surface area contributed by atoms with Gasteiger partial charge in [0, 0.05) is 0 Å². The van der Waals surface area contributed by atoms with Crippen molar-refractivity contribution in [3.05, 3.63) is 35.1 Å². The van der Waals surface area contributed by atoms with E-state index in [2.05, 4.69) is 4.74 Å². The van der Waals surface area contributed by atoms with E-state index >= 15 is 0 Å². The molecule has 0 aliphatic carbocycles. The highest BCUT2D eigenvalue weighted by Crippen LogP contribution is 2.24. The molecule has 98 valence electrons. The van der Waals surface area contributed by atoms with Crippen LogP contribution in [0.4, 0.5) is 4.39 Å². The molecule has 0 N–H and O–H groups in total. The molecule has 0 aromatic heterocycles. The Labute approximate surface area is 106 Å². The largest absolute Gasteiger partial charge is 0.460 e. The van der Waals surface area contributed by atoms with Crippen LogP contribution in [0.15, 0.2) is 18.2 Å². The Morgan fingerprint density at radius 1 is 1.28 bits per heavy atom. The lowest BCUT2D eigenvalue weighted by Crippen LogP contribution is -2.20. The molecule has 4 heteroatoms. The van der Waals surface area contributed by atoms with E-state index in [4.69, 9.17) is 0 Å². The molecule has 0 bridgehead atoms. The number of hydrogen-bond donors (Lipinski definition) is 0. The summed E-state index contributed by atoms with van der Waals surface area (Å²) >= 11 is 0. The summed E-state index contributed by atoms with van der Waals surface area (Å²) in [5.41, 5.74) is 0.328. The van der Waals surface area contributed by atoms with Gasteiger partial charge in [0.2, 0.25) is 0 Å².